The summed E-state index contributed by atoms with van der Waals surface area (Å²) in [6.07, 6.45) is 0. The van der Waals surface area contributed by atoms with E-state index in [2.05, 4.69) is 27.3 Å². The Balaban J connectivity index is 2.83. The molecule has 17 heavy (non-hydrogen) atoms. The highest BCUT2D eigenvalue weighted by atomic mass is 127. The molecule has 0 spiro atoms. The first-order valence-corrected chi connectivity index (χ1v) is 8.50. The van der Waals surface area contributed by atoms with Crippen molar-refractivity contribution < 1.29 is 8.42 Å². The van der Waals surface area contributed by atoms with E-state index >= 15 is 0 Å². The van der Waals surface area contributed by atoms with Crippen LogP contribution in [0.2, 0.25) is 5.02 Å². The smallest absolute Gasteiger partial charge is 0.233 e. The van der Waals surface area contributed by atoms with E-state index in [9.17, 15) is 8.42 Å². The summed E-state index contributed by atoms with van der Waals surface area (Å²) in [5.41, 5.74) is 0.397. The summed E-state index contributed by atoms with van der Waals surface area (Å²) in [7, 11) is -3.40. The van der Waals surface area contributed by atoms with Gasteiger partial charge >= 0.3 is 0 Å². The van der Waals surface area contributed by atoms with E-state index in [1.807, 2.05) is 0 Å². The molecule has 1 aromatic rings. The van der Waals surface area contributed by atoms with Crippen LogP contribution in [0.1, 0.15) is 6.92 Å². The van der Waals surface area contributed by atoms with Gasteiger partial charge in [-0.15, -0.1) is 11.6 Å². The standard InChI is InChI=1S/C10H12Cl2INO2S/c1-7(5-11)6-17(15,16)14-10-3-2-8(13)4-9(10)12/h2-4,7,14H,5-6H2,1H3. The Morgan fingerprint density at radius 3 is 2.65 bits per heavy atom. The van der Waals surface area contributed by atoms with Crippen molar-refractivity contribution in [1.29, 1.82) is 0 Å². The molecule has 1 rings (SSSR count). The summed E-state index contributed by atoms with van der Waals surface area (Å²) >= 11 is 13.6. The number of anilines is 1. The van der Waals surface area contributed by atoms with Gasteiger partial charge in [0.05, 0.1) is 16.5 Å². The second-order valence-electron chi connectivity index (χ2n) is 3.77. The van der Waals surface area contributed by atoms with Gasteiger partial charge in [-0.3, -0.25) is 4.72 Å². The molecule has 7 heteroatoms. The number of hydrogen-bond acceptors (Lipinski definition) is 2. The molecule has 0 saturated heterocycles. The number of halogens is 3. The number of sulfonamides is 1. The van der Waals surface area contributed by atoms with E-state index in [0.29, 0.717) is 16.6 Å². The number of alkyl halides is 1. The van der Waals surface area contributed by atoms with E-state index < -0.39 is 10.0 Å². The summed E-state index contributed by atoms with van der Waals surface area (Å²) in [6.45, 7) is 1.78. The lowest BCUT2D eigenvalue weighted by Gasteiger charge is -2.12. The second kappa shape index (κ2) is 6.45. The van der Waals surface area contributed by atoms with Crippen molar-refractivity contribution in [3.8, 4) is 0 Å². The number of hydrogen-bond donors (Lipinski definition) is 1. The molecule has 1 aromatic carbocycles. The number of benzene rings is 1. The van der Waals surface area contributed by atoms with E-state index in [0.717, 1.165) is 3.57 Å². The monoisotopic (exact) mass is 407 g/mol. The Kier molecular flexibility index (Phi) is 5.82. The zero-order chi connectivity index (χ0) is 13.1. The van der Waals surface area contributed by atoms with Crippen molar-refractivity contribution in [2.24, 2.45) is 5.92 Å². The molecule has 0 aromatic heterocycles. The molecule has 96 valence electrons. The highest BCUT2D eigenvalue weighted by Gasteiger charge is 2.16. The highest BCUT2D eigenvalue weighted by Crippen LogP contribution is 2.25. The van der Waals surface area contributed by atoms with Crippen molar-refractivity contribution >= 4 is 61.5 Å². The third-order valence-corrected chi connectivity index (χ3v) is 5.01. The van der Waals surface area contributed by atoms with E-state index in [4.69, 9.17) is 23.2 Å². The first kappa shape index (κ1) is 15.3. The molecular weight excluding hydrogens is 396 g/mol. The van der Waals surface area contributed by atoms with Gasteiger partial charge in [0.15, 0.2) is 0 Å². The minimum atomic E-state index is -3.40. The van der Waals surface area contributed by atoms with Gasteiger partial charge in [0.2, 0.25) is 10.0 Å². The average molecular weight is 408 g/mol. The maximum Gasteiger partial charge on any atom is 0.233 e. The zero-order valence-corrected chi connectivity index (χ0v) is 13.6. The van der Waals surface area contributed by atoms with Crippen LogP contribution in [0.15, 0.2) is 18.2 Å². The Bertz CT molecular complexity index is 493. The lowest BCUT2D eigenvalue weighted by atomic mass is 10.3. The van der Waals surface area contributed by atoms with Gasteiger partial charge in [0, 0.05) is 9.45 Å². The zero-order valence-electron chi connectivity index (χ0n) is 9.08. The van der Waals surface area contributed by atoms with Gasteiger partial charge in [-0.25, -0.2) is 8.42 Å². The third-order valence-electron chi connectivity index (χ3n) is 1.96. The molecule has 3 nitrogen and oxygen atoms in total. The van der Waals surface area contributed by atoms with Crippen LogP contribution in [0.3, 0.4) is 0 Å². The first-order chi connectivity index (χ1) is 7.84. The quantitative estimate of drug-likeness (QED) is 0.599. The average Bonchev–Trinajstić information content (AvgIpc) is 2.21. The van der Waals surface area contributed by atoms with Crippen LogP contribution in [0.5, 0.6) is 0 Å². The van der Waals surface area contributed by atoms with Crippen LogP contribution in [-0.4, -0.2) is 20.1 Å². The number of rotatable bonds is 5. The molecule has 0 aliphatic carbocycles. The molecule has 0 radical (unpaired) electrons. The molecule has 0 aliphatic rings. The van der Waals surface area contributed by atoms with Gasteiger partial charge in [-0.2, -0.15) is 0 Å². The maximum absolute atomic E-state index is 11.8. The summed E-state index contributed by atoms with van der Waals surface area (Å²) in [5, 5.41) is 0.388. The fraction of sp³-hybridized carbons (Fsp3) is 0.400. The molecule has 1 unspecified atom stereocenters. The fourth-order valence-electron chi connectivity index (χ4n) is 1.20. The SMILES string of the molecule is CC(CCl)CS(=O)(=O)Nc1ccc(I)cc1Cl. The molecular formula is C10H12Cl2INO2S. The van der Waals surface area contributed by atoms with E-state index in [-0.39, 0.29) is 11.7 Å². The Hall–Kier alpha value is 0.280. The Morgan fingerprint density at radius 2 is 2.12 bits per heavy atom. The van der Waals surface area contributed by atoms with Crippen LogP contribution in [-0.2, 0) is 10.0 Å². The van der Waals surface area contributed by atoms with Gasteiger partial charge < -0.3 is 0 Å². The van der Waals surface area contributed by atoms with Crippen molar-refractivity contribution in [3.05, 3.63) is 26.8 Å². The van der Waals surface area contributed by atoms with Crippen LogP contribution < -0.4 is 4.72 Å². The summed E-state index contributed by atoms with van der Waals surface area (Å²) in [4.78, 5) is 0. The Labute approximate surface area is 125 Å². The minimum absolute atomic E-state index is 0.0151. The lowest BCUT2D eigenvalue weighted by Crippen LogP contribution is -2.22. The molecule has 0 bridgehead atoms. The third kappa shape index (κ3) is 5.19. The molecule has 1 N–H and O–H groups in total. The first-order valence-electron chi connectivity index (χ1n) is 4.85. The van der Waals surface area contributed by atoms with Crippen LogP contribution in [0.25, 0.3) is 0 Å². The largest absolute Gasteiger partial charge is 0.282 e. The van der Waals surface area contributed by atoms with Crippen LogP contribution >= 0.6 is 45.8 Å². The molecule has 1 atom stereocenters. The molecule has 0 fully saturated rings. The maximum atomic E-state index is 11.8. The lowest BCUT2D eigenvalue weighted by molar-refractivity contribution is 0.588. The van der Waals surface area contributed by atoms with E-state index in [1.54, 1.807) is 25.1 Å². The summed E-state index contributed by atoms with van der Waals surface area (Å²) < 4.78 is 27.0. The van der Waals surface area contributed by atoms with E-state index in [1.165, 1.54) is 0 Å². The number of nitrogens with one attached hydrogen (secondary N) is 1. The second-order valence-corrected chi connectivity index (χ2v) is 7.50. The normalized spacial score (nSPS) is 13.4. The predicted molar refractivity (Wildman–Crippen MR) is 81.5 cm³/mol. The predicted octanol–water partition coefficient (Wildman–Crippen LogP) is 3.56. The van der Waals surface area contributed by atoms with Crippen molar-refractivity contribution in [1.82, 2.24) is 0 Å². The van der Waals surface area contributed by atoms with Crippen molar-refractivity contribution in [3.63, 3.8) is 0 Å². The van der Waals surface area contributed by atoms with Gasteiger partial charge in [0.25, 0.3) is 0 Å². The van der Waals surface area contributed by atoms with Gasteiger partial charge in [0.1, 0.15) is 0 Å². The Morgan fingerprint density at radius 1 is 1.47 bits per heavy atom. The van der Waals surface area contributed by atoms with Crippen molar-refractivity contribution in [2.75, 3.05) is 16.4 Å². The van der Waals surface area contributed by atoms with Crippen LogP contribution in [0.4, 0.5) is 5.69 Å². The molecule has 0 heterocycles. The van der Waals surface area contributed by atoms with Gasteiger partial charge in [-0.1, -0.05) is 18.5 Å². The topological polar surface area (TPSA) is 46.2 Å². The molecule has 0 amide bonds. The highest BCUT2D eigenvalue weighted by molar-refractivity contribution is 14.1. The van der Waals surface area contributed by atoms with Crippen molar-refractivity contribution in [2.45, 2.75) is 6.92 Å². The fourth-order valence-corrected chi connectivity index (χ4v) is 3.86. The summed E-state index contributed by atoms with van der Waals surface area (Å²) in [5.74, 6) is 0.192. The minimum Gasteiger partial charge on any atom is -0.282 e. The summed E-state index contributed by atoms with van der Waals surface area (Å²) in [6, 6.07) is 5.13. The molecule has 0 saturated carbocycles. The molecule has 0 aliphatic heterocycles. The van der Waals surface area contributed by atoms with Gasteiger partial charge in [-0.05, 0) is 46.7 Å². The van der Waals surface area contributed by atoms with Crippen LogP contribution in [0, 0.1) is 9.49 Å².